The zero-order valence-corrected chi connectivity index (χ0v) is 9.91. The fourth-order valence-electron chi connectivity index (χ4n) is 2.60. The van der Waals surface area contributed by atoms with Crippen LogP contribution in [0, 0.1) is 5.41 Å². The third-order valence-electron chi connectivity index (χ3n) is 3.79. The van der Waals surface area contributed by atoms with Crippen molar-refractivity contribution in [3.05, 3.63) is 30.3 Å². The van der Waals surface area contributed by atoms with E-state index in [1.165, 1.54) is 37.8 Å². The molecule has 88 valence electrons. The Morgan fingerprint density at radius 2 is 1.75 bits per heavy atom. The number of nitrogens with one attached hydrogen (secondary N) is 1. The summed E-state index contributed by atoms with van der Waals surface area (Å²) in [5.41, 5.74) is 7.51. The van der Waals surface area contributed by atoms with Gasteiger partial charge in [-0.1, -0.05) is 37.5 Å². The zero-order chi connectivity index (χ0) is 11.3. The summed E-state index contributed by atoms with van der Waals surface area (Å²) in [6.45, 7) is 1.83. The molecule has 0 heterocycles. The van der Waals surface area contributed by atoms with Gasteiger partial charge in [0.2, 0.25) is 0 Å². The van der Waals surface area contributed by atoms with E-state index in [4.69, 9.17) is 5.73 Å². The summed E-state index contributed by atoms with van der Waals surface area (Å²) < 4.78 is 0. The summed E-state index contributed by atoms with van der Waals surface area (Å²) in [4.78, 5) is 0. The van der Waals surface area contributed by atoms with Gasteiger partial charge in [-0.25, -0.2) is 0 Å². The summed E-state index contributed by atoms with van der Waals surface area (Å²) in [5.74, 6) is 0. The van der Waals surface area contributed by atoms with Gasteiger partial charge in [-0.3, -0.25) is 0 Å². The number of para-hydroxylation sites is 1. The van der Waals surface area contributed by atoms with Crippen molar-refractivity contribution in [2.24, 2.45) is 11.1 Å². The molecule has 1 saturated carbocycles. The minimum atomic E-state index is 0.341. The van der Waals surface area contributed by atoms with Gasteiger partial charge in [0.25, 0.3) is 0 Å². The number of hydrogen-bond acceptors (Lipinski definition) is 2. The van der Waals surface area contributed by atoms with Gasteiger partial charge in [-0.15, -0.1) is 0 Å². The van der Waals surface area contributed by atoms with Crippen molar-refractivity contribution in [2.75, 3.05) is 18.4 Å². The number of benzene rings is 1. The molecule has 1 aromatic carbocycles. The first kappa shape index (κ1) is 11.5. The molecule has 1 fully saturated rings. The van der Waals surface area contributed by atoms with E-state index in [1.54, 1.807) is 0 Å². The van der Waals surface area contributed by atoms with Crippen LogP contribution in [0.2, 0.25) is 0 Å². The van der Waals surface area contributed by atoms with E-state index in [1.807, 2.05) is 6.07 Å². The number of nitrogens with two attached hydrogens (primary N) is 1. The maximum atomic E-state index is 5.96. The normalized spacial score (nSPS) is 19.3. The second-order valence-electron chi connectivity index (χ2n) is 4.98. The molecule has 2 nitrogen and oxygen atoms in total. The van der Waals surface area contributed by atoms with Gasteiger partial charge in [0.05, 0.1) is 0 Å². The second kappa shape index (κ2) is 5.35. The van der Waals surface area contributed by atoms with E-state index in [2.05, 4.69) is 29.6 Å². The number of rotatable bonds is 4. The summed E-state index contributed by atoms with van der Waals surface area (Å²) >= 11 is 0. The molecule has 1 aliphatic carbocycles. The molecule has 0 amide bonds. The van der Waals surface area contributed by atoms with Crippen LogP contribution in [0.15, 0.2) is 30.3 Å². The van der Waals surface area contributed by atoms with Gasteiger partial charge in [0.15, 0.2) is 0 Å². The van der Waals surface area contributed by atoms with Crippen LogP contribution >= 0.6 is 0 Å². The standard InChI is InChI=1S/C14H22N2/c15-11-14(9-5-2-6-10-14)12-16-13-7-3-1-4-8-13/h1,3-4,7-8,16H,2,5-6,9-12,15H2. The summed E-state index contributed by atoms with van der Waals surface area (Å²) in [6, 6.07) is 10.4. The van der Waals surface area contributed by atoms with E-state index in [9.17, 15) is 0 Å². The maximum Gasteiger partial charge on any atom is 0.0340 e. The van der Waals surface area contributed by atoms with Crippen LogP contribution in [-0.2, 0) is 0 Å². The first-order chi connectivity index (χ1) is 7.85. The molecular weight excluding hydrogens is 196 g/mol. The number of hydrogen-bond donors (Lipinski definition) is 2. The quantitative estimate of drug-likeness (QED) is 0.815. The van der Waals surface area contributed by atoms with Crippen molar-refractivity contribution in [3.63, 3.8) is 0 Å². The predicted molar refractivity (Wildman–Crippen MR) is 69.5 cm³/mol. The third kappa shape index (κ3) is 2.76. The molecule has 3 N–H and O–H groups in total. The monoisotopic (exact) mass is 218 g/mol. The molecule has 0 unspecified atom stereocenters. The Morgan fingerprint density at radius 3 is 2.38 bits per heavy atom. The summed E-state index contributed by atoms with van der Waals surface area (Å²) in [7, 11) is 0. The van der Waals surface area contributed by atoms with Crippen LogP contribution in [-0.4, -0.2) is 13.1 Å². The van der Waals surface area contributed by atoms with Crippen LogP contribution in [0.25, 0.3) is 0 Å². The van der Waals surface area contributed by atoms with Crippen molar-refractivity contribution >= 4 is 5.69 Å². The largest absolute Gasteiger partial charge is 0.384 e. The van der Waals surface area contributed by atoms with E-state index >= 15 is 0 Å². The average molecular weight is 218 g/mol. The third-order valence-corrected chi connectivity index (χ3v) is 3.79. The Balaban J connectivity index is 1.92. The molecule has 2 rings (SSSR count). The van der Waals surface area contributed by atoms with Crippen molar-refractivity contribution < 1.29 is 0 Å². The highest BCUT2D eigenvalue weighted by molar-refractivity contribution is 5.42. The lowest BCUT2D eigenvalue weighted by Crippen LogP contribution is -2.39. The molecular formula is C14H22N2. The fraction of sp³-hybridized carbons (Fsp3) is 0.571. The van der Waals surface area contributed by atoms with Crippen LogP contribution in [0.1, 0.15) is 32.1 Å². The van der Waals surface area contributed by atoms with Crippen molar-refractivity contribution in [3.8, 4) is 0 Å². The van der Waals surface area contributed by atoms with Gasteiger partial charge >= 0.3 is 0 Å². The van der Waals surface area contributed by atoms with Gasteiger partial charge in [-0.2, -0.15) is 0 Å². The van der Waals surface area contributed by atoms with Gasteiger partial charge in [0.1, 0.15) is 0 Å². The van der Waals surface area contributed by atoms with Crippen molar-refractivity contribution in [1.82, 2.24) is 0 Å². The average Bonchev–Trinajstić information content (AvgIpc) is 2.39. The molecule has 0 atom stereocenters. The van der Waals surface area contributed by atoms with Crippen LogP contribution in [0.5, 0.6) is 0 Å². The maximum absolute atomic E-state index is 5.96. The smallest absolute Gasteiger partial charge is 0.0340 e. The zero-order valence-electron chi connectivity index (χ0n) is 9.91. The summed E-state index contributed by atoms with van der Waals surface area (Å²) in [6.07, 6.45) is 6.63. The van der Waals surface area contributed by atoms with E-state index in [0.29, 0.717) is 5.41 Å². The van der Waals surface area contributed by atoms with E-state index in [-0.39, 0.29) is 0 Å². The molecule has 0 bridgehead atoms. The molecule has 0 saturated heterocycles. The first-order valence-corrected chi connectivity index (χ1v) is 6.34. The predicted octanol–water partition coefficient (Wildman–Crippen LogP) is 3.01. The number of anilines is 1. The molecule has 0 aromatic heterocycles. The first-order valence-electron chi connectivity index (χ1n) is 6.34. The Labute approximate surface area is 98.2 Å². The summed E-state index contributed by atoms with van der Waals surface area (Å²) in [5, 5.41) is 3.53. The van der Waals surface area contributed by atoms with Gasteiger partial charge in [-0.05, 0) is 36.9 Å². The van der Waals surface area contributed by atoms with E-state index in [0.717, 1.165) is 13.1 Å². The highest BCUT2D eigenvalue weighted by Gasteiger charge is 2.30. The Morgan fingerprint density at radius 1 is 1.06 bits per heavy atom. The Hall–Kier alpha value is -1.02. The van der Waals surface area contributed by atoms with Gasteiger partial charge < -0.3 is 11.1 Å². The minimum absolute atomic E-state index is 0.341. The molecule has 0 aliphatic heterocycles. The Bertz CT molecular complexity index is 302. The topological polar surface area (TPSA) is 38.0 Å². The van der Waals surface area contributed by atoms with Crippen molar-refractivity contribution in [2.45, 2.75) is 32.1 Å². The molecule has 0 spiro atoms. The van der Waals surface area contributed by atoms with Crippen LogP contribution in [0.4, 0.5) is 5.69 Å². The fourth-order valence-corrected chi connectivity index (χ4v) is 2.60. The Kier molecular flexibility index (Phi) is 3.83. The van der Waals surface area contributed by atoms with E-state index < -0.39 is 0 Å². The van der Waals surface area contributed by atoms with Crippen LogP contribution in [0.3, 0.4) is 0 Å². The van der Waals surface area contributed by atoms with Gasteiger partial charge in [0, 0.05) is 12.2 Å². The van der Waals surface area contributed by atoms with Crippen molar-refractivity contribution in [1.29, 1.82) is 0 Å². The lowest BCUT2D eigenvalue weighted by molar-refractivity contribution is 0.215. The minimum Gasteiger partial charge on any atom is -0.384 e. The molecule has 1 aromatic rings. The molecule has 2 heteroatoms. The lowest BCUT2D eigenvalue weighted by Gasteiger charge is -2.36. The molecule has 0 radical (unpaired) electrons. The highest BCUT2D eigenvalue weighted by Crippen LogP contribution is 2.35. The van der Waals surface area contributed by atoms with Crippen LogP contribution < -0.4 is 11.1 Å². The lowest BCUT2D eigenvalue weighted by atomic mass is 9.74. The molecule has 16 heavy (non-hydrogen) atoms. The molecule has 1 aliphatic rings. The SMILES string of the molecule is NCC1(CNc2ccccc2)CCCCC1. The highest BCUT2D eigenvalue weighted by atomic mass is 14.9. The second-order valence-corrected chi connectivity index (χ2v) is 4.98.